The fourth-order valence-electron chi connectivity index (χ4n) is 2.12. The number of carbonyl (C=O) groups is 2. The van der Waals surface area contributed by atoms with E-state index >= 15 is 0 Å². The van der Waals surface area contributed by atoms with E-state index in [0.717, 1.165) is 11.1 Å². The van der Waals surface area contributed by atoms with E-state index in [4.69, 9.17) is 5.53 Å². The van der Waals surface area contributed by atoms with Crippen LogP contribution in [0.3, 0.4) is 0 Å². The van der Waals surface area contributed by atoms with E-state index in [1.54, 1.807) is 45.1 Å². The first kappa shape index (κ1) is 13.1. The second-order valence-corrected chi connectivity index (χ2v) is 4.69. The fraction of sp³-hybridized carbons (Fsp3) is 0.200. The van der Waals surface area contributed by atoms with Crippen molar-refractivity contribution >= 4 is 11.6 Å². The topological polar surface area (TPSA) is 70.3 Å². The molecule has 2 aliphatic carbocycles. The summed E-state index contributed by atoms with van der Waals surface area (Å²) < 4.78 is 0. The molecule has 0 spiro atoms. The van der Waals surface area contributed by atoms with Crippen LogP contribution in [-0.2, 0) is 9.59 Å². The molecule has 0 fully saturated rings. The number of nitrogens with one attached hydrogen (secondary N) is 1. The molecule has 4 heteroatoms. The van der Waals surface area contributed by atoms with E-state index in [1.165, 1.54) is 0 Å². The van der Waals surface area contributed by atoms with Crippen molar-refractivity contribution in [3.8, 4) is 0 Å². The van der Waals surface area contributed by atoms with E-state index in [2.05, 4.69) is 5.11 Å². The molecule has 0 aromatic rings. The normalized spacial score (nSPS) is 19.7. The average Bonchev–Trinajstić information content (AvgIpc) is 2.38. The molecule has 4 nitrogen and oxygen atoms in total. The number of allylic oxidation sites excluding steroid dienone is 9. The van der Waals surface area contributed by atoms with Gasteiger partial charge >= 0.3 is 0 Å². The Kier molecular flexibility index (Phi) is 3.25. The van der Waals surface area contributed by atoms with Gasteiger partial charge in [-0.3, -0.25) is 9.59 Å². The van der Waals surface area contributed by atoms with Crippen molar-refractivity contribution in [3.05, 3.63) is 57.9 Å². The van der Waals surface area contributed by atoms with Crippen LogP contribution in [0.5, 0.6) is 0 Å². The number of carbonyl (C=O) groups excluding carboxylic acids is 2. The molecule has 0 aromatic carbocycles. The van der Waals surface area contributed by atoms with Gasteiger partial charge in [-0.15, -0.1) is 0 Å². The average molecular weight is 254 g/mol. The maximum Gasteiger partial charge on any atom is 0.208 e. The van der Waals surface area contributed by atoms with E-state index in [9.17, 15) is 9.59 Å². The van der Waals surface area contributed by atoms with E-state index in [-0.39, 0.29) is 17.3 Å². The Morgan fingerprint density at radius 1 is 0.789 bits per heavy atom. The Bertz CT molecular complexity index is 632. The van der Waals surface area contributed by atoms with E-state index < -0.39 is 0 Å². The van der Waals surface area contributed by atoms with Crippen LogP contribution in [0, 0.1) is 5.53 Å². The van der Waals surface area contributed by atoms with E-state index in [1.807, 2.05) is 0 Å². The summed E-state index contributed by atoms with van der Waals surface area (Å²) in [4.78, 5) is 23.4. The molecule has 0 heterocycles. The van der Waals surface area contributed by atoms with Gasteiger partial charge in [-0.1, -0.05) is 0 Å². The third-order valence-electron chi connectivity index (χ3n) is 3.17. The summed E-state index contributed by atoms with van der Waals surface area (Å²) in [7, 11) is 0. The fourth-order valence-corrected chi connectivity index (χ4v) is 2.12. The highest BCUT2D eigenvalue weighted by Gasteiger charge is 2.20. The summed E-state index contributed by atoms with van der Waals surface area (Å²) in [5.41, 5.74) is 10.7. The van der Waals surface area contributed by atoms with Crippen LogP contribution in [0.2, 0.25) is 0 Å². The number of hydrogen-bond acceptors (Lipinski definition) is 4. The van der Waals surface area contributed by atoms with Crippen molar-refractivity contribution in [2.75, 3.05) is 0 Å². The van der Waals surface area contributed by atoms with Gasteiger partial charge in [0.05, 0.1) is 0 Å². The highest BCUT2D eigenvalue weighted by atomic mass is 16.1. The van der Waals surface area contributed by atoms with Crippen LogP contribution in [0.1, 0.15) is 20.8 Å². The van der Waals surface area contributed by atoms with Crippen LogP contribution in [0.15, 0.2) is 63.0 Å². The van der Waals surface area contributed by atoms with Crippen LogP contribution >= 0.6 is 0 Å². The van der Waals surface area contributed by atoms with Crippen molar-refractivity contribution in [1.29, 1.82) is 5.53 Å². The predicted octanol–water partition coefficient (Wildman–Crippen LogP) is 3.20. The lowest BCUT2D eigenvalue weighted by molar-refractivity contribution is -0.113. The van der Waals surface area contributed by atoms with Gasteiger partial charge in [0.2, 0.25) is 5.78 Å². The van der Waals surface area contributed by atoms with Crippen LogP contribution < -0.4 is 0 Å². The van der Waals surface area contributed by atoms with Crippen molar-refractivity contribution < 1.29 is 9.59 Å². The minimum absolute atomic E-state index is 0.0336. The molecule has 96 valence electrons. The zero-order chi connectivity index (χ0) is 14.2. The summed E-state index contributed by atoms with van der Waals surface area (Å²) in [6.45, 7) is 5.23. The SMILES string of the molecule is CC1=CC(=C2C=C(C)C(=O)C(N=N)=C2)C=C(C)C1=O. The minimum atomic E-state index is -0.229. The first-order valence-corrected chi connectivity index (χ1v) is 5.91. The quantitative estimate of drug-likeness (QED) is 0.730. The lowest BCUT2D eigenvalue weighted by Gasteiger charge is -2.15. The first-order valence-electron chi connectivity index (χ1n) is 5.91. The minimum Gasteiger partial charge on any atom is -0.289 e. The second kappa shape index (κ2) is 4.72. The Morgan fingerprint density at radius 3 is 1.68 bits per heavy atom. The molecule has 0 saturated heterocycles. The zero-order valence-corrected chi connectivity index (χ0v) is 11.1. The number of rotatable bonds is 1. The summed E-state index contributed by atoms with van der Waals surface area (Å²) in [6, 6.07) is 0. The Balaban J connectivity index is 2.61. The summed E-state index contributed by atoms with van der Waals surface area (Å²) in [5.74, 6) is -0.195. The summed E-state index contributed by atoms with van der Waals surface area (Å²) in [5, 5.41) is 3.26. The molecule has 2 aliphatic rings. The molecular formula is C15H14N2O2. The van der Waals surface area contributed by atoms with Gasteiger partial charge in [-0.05, 0) is 72.9 Å². The van der Waals surface area contributed by atoms with E-state index in [0.29, 0.717) is 16.7 Å². The van der Waals surface area contributed by atoms with Crippen molar-refractivity contribution in [3.63, 3.8) is 0 Å². The third kappa shape index (κ3) is 2.29. The number of Topliss-reactive ketones (excluding diaryl/α,β-unsaturated/α-hetero) is 2. The Morgan fingerprint density at radius 2 is 1.21 bits per heavy atom. The third-order valence-corrected chi connectivity index (χ3v) is 3.17. The monoisotopic (exact) mass is 254 g/mol. The molecule has 0 bridgehead atoms. The predicted molar refractivity (Wildman–Crippen MR) is 71.5 cm³/mol. The number of hydrogen-bond donors (Lipinski definition) is 1. The number of nitrogens with zero attached hydrogens (tertiary/aromatic N) is 1. The molecule has 0 aromatic heterocycles. The van der Waals surface area contributed by atoms with Gasteiger partial charge in [0.1, 0.15) is 5.70 Å². The molecule has 0 atom stereocenters. The first-order chi connectivity index (χ1) is 8.93. The Hall–Kier alpha value is -2.36. The second-order valence-electron chi connectivity index (χ2n) is 4.69. The van der Waals surface area contributed by atoms with Crippen LogP contribution in [0.25, 0.3) is 0 Å². The van der Waals surface area contributed by atoms with Gasteiger partial charge in [0, 0.05) is 0 Å². The van der Waals surface area contributed by atoms with Gasteiger partial charge in [0.15, 0.2) is 5.78 Å². The molecule has 0 radical (unpaired) electrons. The molecular weight excluding hydrogens is 240 g/mol. The molecule has 1 N–H and O–H groups in total. The molecule has 0 saturated carbocycles. The van der Waals surface area contributed by atoms with Crippen LogP contribution in [0.4, 0.5) is 0 Å². The maximum absolute atomic E-state index is 11.7. The van der Waals surface area contributed by atoms with Crippen molar-refractivity contribution in [2.24, 2.45) is 5.11 Å². The van der Waals surface area contributed by atoms with Gasteiger partial charge in [-0.2, -0.15) is 5.11 Å². The lowest BCUT2D eigenvalue weighted by Crippen LogP contribution is -2.10. The van der Waals surface area contributed by atoms with Gasteiger partial charge in [0.25, 0.3) is 0 Å². The summed E-state index contributed by atoms with van der Waals surface area (Å²) >= 11 is 0. The maximum atomic E-state index is 11.7. The molecule has 0 unspecified atom stereocenters. The molecule has 0 aliphatic heterocycles. The van der Waals surface area contributed by atoms with Crippen molar-refractivity contribution in [2.45, 2.75) is 20.8 Å². The van der Waals surface area contributed by atoms with Crippen molar-refractivity contribution in [1.82, 2.24) is 0 Å². The van der Waals surface area contributed by atoms with Crippen LogP contribution in [-0.4, -0.2) is 11.6 Å². The lowest BCUT2D eigenvalue weighted by atomic mass is 9.89. The highest BCUT2D eigenvalue weighted by molar-refractivity contribution is 6.11. The standard InChI is InChI=1S/C15H14N2O2/c1-8-4-11(5-9(2)14(8)18)12-6-10(3)15(19)13(7-12)17-16/h4-7,16H,1-3H3. The Labute approximate surface area is 111 Å². The molecule has 19 heavy (non-hydrogen) atoms. The largest absolute Gasteiger partial charge is 0.289 e. The smallest absolute Gasteiger partial charge is 0.208 e. The highest BCUT2D eigenvalue weighted by Crippen LogP contribution is 2.27. The number of ketones is 2. The van der Waals surface area contributed by atoms with Gasteiger partial charge < -0.3 is 0 Å². The van der Waals surface area contributed by atoms with Gasteiger partial charge in [-0.25, -0.2) is 5.53 Å². The summed E-state index contributed by atoms with van der Waals surface area (Å²) in [6.07, 6.45) is 6.93. The zero-order valence-electron chi connectivity index (χ0n) is 11.1. The molecule has 2 rings (SSSR count). The molecule has 0 amide bonds.